The molecule has 1 aromatic carbocycles. The van der Waals surface area contributed by atoms with E-state index in [2.05, 4.69) is 0 Å². The molecule has 1 aromatic rings. The molecule has 1 rings (SSSR count). The SMILES string of the molecule is COCc1ccc(C)cc1CC(=O)O. The third kappa shape index (κ3) is 2.85. The number of carboxylic acid groups (broad SMARTS) is 1. The number of aryl methyl sites for hydroxylation is 1. The summed E-state index contributed by atoms with van der Waals surface area (Å²) in [6, 6.07) is 5.76. The average molecular weight is 194 g/mol. The van der Waals surface area contributed by atoms with Crippen LogP contribution in [0, 0.1) is 6.92 Å². The molecule has 1 N–H and O–H groups in total. The summed E-state index contributed by atoms with van der Waals surface area (Å²) in [6.45, 7) is 2.41. The maximum absolute atomic E-state index is 10.6. The van der Waals surface area contributed by atoms with Crippen LogP contribution in [0.2, 0.25) is 0 Å². The smallest absolute Gasteiger partial charge is 0.307 e. The fourth-order valence-electron chi connectivity index (χ4n) is 1.38. The summed E-state index contributed by atoms with van der Waals surface area (Å²) in [7, 11) is 1.60. The first-order valence-corrected chi connectivity index (χ1v) is 4.42. The van der Waals surface area contributed by atoms with Gasteiger partial charge >= 0.3 is 5.97 Å². The van der Waals surface area contributed by atoms with Gasteiger partial charge < -0.3 is 9.84 Å². The third-order valence-electron chi connectivity index (χ3n) is 2.00. The number of methoxy groups -OCH3 is 1. The molecular formula is C11H14O3. The lowest BCUT2D eigenvalue weighted by atomic mass is 10.0. The molecule has 3 nitrogen and oxygen atoms in total. The van der Waals surface area contributed by atoms with Crippen molar-refractivity contribution in [1.29, 1.82) is 0 Å². The first-order valence-electron chi connectivity index (χ1n) is 4.42. The summed E-state index contributed by atoms with van der Waals surface area (Å²) in [5, 5.41) is 8.71. The summed E-state index contributed by atoms with van der Waals surface area (Å²) >= 11 is 0. The Bertz CT molecular complexity index is 331. The van der Waals surface area contributed by atoms with Gasteiger partial charge in [-0.15, -0.1) is 0 Å². The first-order chi connectivity index (χ1) is 6.63. The number of hydrogen-bond acceptors (Lipinski definition) is 2. The number of rotatable bonds is 4. The highest BCUT2D eigenvalue weighted by atomic mass is 16.5. The van der Waals surface area contributed by atoms with Gasteiger partial charge in [0, 0.05) is 7.11 Å². The van der Waals surface area contributed by atoms with Crippen LogP contribution in [0.4, 0.5) is 0 Å². The Morgan fingerprint density at radius 1 is 1.43 bits per heavy atom. The van der Waals surface area contributed by atoms with Gasteiger partial charge in [0.05, 0.1) is 13.0 Å². The number of ether oxygens (including phenoxy) is 1. The second-order valence-corrected chi connectivity index (χ2v) is 3.28. The molecule has 0 bridgehead atoms. The molecule has 76 valence electrons. The predicted octanol–water partition coefficient (Wildman–Crippen LogP) is 1.77. The van der Waals surface area contributed by atoms with Crippen LogP contribution < -0.4 is 0 Å². The van der Waals surface area contributed by atoms with Crippen LogP contribution in [0.3, 0.4) is 0 Å². The van der Waals surface area contributed by atoms with Crippen LogP contribution in [-0.4, -0.2) is 18.2 Å². The number of benzene rings is 1. The van der Waals surface area contributed by atoms with E-state index in [1.165, 1.54) is 0 Å². The molecule has 3 heteroatoms. The average Bonchev–Trinajstić information content (AvgIpc) is 2.09. The van der Waals surface area contributed by atoms with Gasteiger partial charge in [0.15, 0.2) is 0 Å². The molecule has 0 aliphatic heterocycles. The topological polar surface area (TPSA) is 46.5 Å². The Balaban J connectivity index is 2.96. The molecule has 0 radical (unpaired) electrons. The molecular weight excluding hydrogens is 180 g/mol. The highest BCUT2D eigenvalue weighted by Crippen LogP contribution is 2.13. The van der Waals surface area contributed by atoms with Gasteiger partial charge in [0.2, 0.25) is 0 Å². The maximum atomic E-state index is 10.6. The zero-order valence-electron chi connectivity index (χ0n) is 8.41. The Morgan fingerprint density at radius 3 is 2.71 bits per heavy atom. The number of carboxylic acids is 1. The van der Waals surface area contributed by atoms with Gasteiger partial charge in [-0.3, -0.25) is 4.79 Å². The Labute approximate surface area is 83.3 Å². The normalized spacial score (nSPS) is 10.1. The minimum Gasteiger partial charge on any atom is -0.481 e. The minimum absolute atomic E-state index is 0.0559. The molecule has 0 fully saturated rings. The molecule has 0 aliphatic rings. The van der Waals surface area contributed by atoms with Crippen LogP contribution >= 0.6 is 0 Å². The largest absolute Gasteiger partial charge is 0.481 e. The Kier molecular flexibility index (Phi) is 3.65. The molecule has 0 spiro atoms. The molecule has 0 saturated carbocycles. The van der Waals surface area contributed by atoms with Gasteiger partial charge in [0.1, 0.15) is 0 Å². The van der Waals surface area contributed by atoms with Crippen molar-refractivity contribution in [3.63, 3.8) is 0 Å². The van der Waals surface area contributed by atoms with Crippen LogP contribution in [-0.2, 0) is 22.6 Å². The quantitative estimate of drug-likeness (QED) is 0.794. The molecule has 14 heavy (non-hydrogen) atoms. The van der Waals surface area contributed by atoms with Crippen molar-refractivity contribution in [2.45, 2.75) is 20.0 Å². The van der Waals surface area contributed by atoms with Gasteiger partial charge in [0.25, 0.3) is 0 Å². The predicted molar refractivity (Wildman–Crippen MR) is 53.2 cm³/mol. The van der Waals surface area contributed by atoms with Crippen molar-refractivity contribution >= 4 is 5.97 Å². The van der Waals surface area contributed by atoms with E-state index in [4.69, 9.17) is 9.84 Å². The summed E-state index contributed by atoms with van der Waals surface area (Å²) < 4.78 is 5.00. The fourth-order valence-corrected chi connectivity index (χ4v) is 1.38. The van der Waals surface area contributed by atoms with Crippen LogP contribution in [0.1, 0.15) is 16.7 Å². The second-order valence-electron chi connectivity index (χ2n) is 3.28. The highest BCUT2D eigenvalue weighted by molar-refractivity contribution is 5.70. The number of hydrogen-bond donors (Lipinski definition) is 1. The van der Waals surface area contributed by atoms with Crippen LogP contribution in [0.25, 0.3) is 0 Å². The molecule has 0 heterocycles. The summed E-state index contributed by atoms with van der Waals surface area (Å²) in [5.41, 5.74) is 2.85. The van der Waals surface area contributed by atoms with Gasteiger partial charge in [-0.25, -0.2) is 0 Å². The van der Waals surface area contributed by atoms with Gasteiger partial charge in [-0.05, 0) is 18.1 Å². The lowest BCUT2D eigenvalue weighted by molar-refractivity contribution is -0.136. The number of aliphatic carboxylic acids is 1. The molecule has 0 aliphatic carbocycles. The van der Waals surface area contributed by atoms with E-state index in [1.807, 2.05) is 25.1 Å². The third-order valence-corrected chi connectivity index (χ3v) is 2.00. The van der Waals surface area contributed by atoms with Crippen LogP contribution in [0.15, 0.2) is 18.2 Å². The summed E-state index contributed by atoms with van der Waals surface area (Å²) in [5.74, 6) is -0.812. The number of carbonyl (C=O) groups is 1. The maximum Gasteiger partial charge on any atom is 0.307 e. The van der Waals surface area contributed by atoms with E-state index in [0.29, 0.717) is 6.61 Å². The minimum atomic E-state index is -0.812. The fraction of sp³-hybridized carbons (Fsp3) is 0.364. The molecule has 0 unspecified atom stereocenters. The van der Waals surface area contributed by atoms with Crippen molar-refractivity contribution in [3.05, 3.63) is 34.9 Å². The first kappa shape index (κ1) is 10.7. The van der Waals surface area contributed by atoms with Gasteiger partial charge in [-0.2, -0.15) is 0 Å². The molecule has 0 saturated heterocycles. The summed E-state index contributed by atoms with van der Waals surface area (Å²) in [4.78, 5) is 10.6. The standard InChI is InChI=1S/C11H14O3/c1-8-3-4-9(7-14-2)10(5-8)6-11(12)13/h3-5H,6-7H2,1-2H3,(H,12,13). The van der Waals surface area contributed by atoms with E-state index in [-0.39, 0.29) is 6.42 Å². The van der Waals surface area contributed by atoms with E-state index in [9.17, 15) is 4.79 Å². The highest BCUT2D eigenvalue weighted by Gasteiger charge is 2.06. The van der Waals surface area contributed by atoms with Crippen molar-refractivity contribution in [2.24, 2.45) is 0 Å². The van der Waals surface area contributed by atoms with Crippen molar-refractivity contribution in [1.82, 2.24) is 0 Å². The van der Waals surface area contributed by atoms with E-state index >= 15 is 0 Å². The lowest BCUT2D eigenvalue weighted by Crippen LogP contribution is -2.04. The van der Waals surface area contributed by atoms with E-state index in [1.54, 1.807) is 7.11 Å². The molecule has 0 aromatic heterocycles. The van der Waals surface area contributed by atoms with Crippen LogP contribution in [0.5, 0.6) is 0 Å². The Morgan fingerprint density at radius 2 is 2.14 bits per heavy atom. The summed E-state index contributed by atoms with van der Waals surface area (Å²) in [6.07, 6.45) is 0.0559. The van der Waals surface area contributed by atoms with Crippen molar-refractivity contribution in [3.8, 4) is 0 Å². The zero-order chi connectivity index (χ0) is 10.6. The second kappa shape index (κ2) is 4.77. The lowest BCUT2D eigenvalue weighted by Gasteiger charge is -2.07. The Hall–Kier alpha value is -1.35. The van der Waals surface area contributed by atoms with E-state index < -0.39 is 5.97 Å². The van der Waals surface area contributed by atoms with E-state index in [0.717, 1.165) is 16.7 Å². The van der Waals surface area contributed by atoms with Gasteiger partial charge in [-0.1, -0.05) is 23.8 Å². The van der Waals surface area contributed by atoms with Crippen molar-refractivity contribution < 1.29 is 14.6 Å². The molecule has 0 amide bonds. The molecule has 0 atom stereocenters. The monoisotopic (exact) mass is 194 g/mol. The zero-order valence-corrected chi connectivity index (χ0v) is 8.41. The van der Waals surface area contributed by atoms with Crippen molar-refractivity contribution in [2.75, 3.05) is 7.11 Å².